The second-order valence-electron chi connectivity index (χ2n) is 4.90. The molecule has 0 aliphatic heterocycles. The zero-order valence-electron chi connectivity index (χ0n) is 9.75. The number of hydrogen-bond donors (Lipinski definition) is 2. The van der Waals surface area contributed by atoms with Crippen molar-refractivity contribution in [3.05, 3.63) is 0 Å². The highest BCUT2D eigenvalue weighted by Gasteiger charge is 2.29. The molecule has 0 atom stereocenters. The van der Waals surface area contributed by atoms with Crippen molar-refractivity contribution >= 4 is 27.7 Å². The molecule has 0 unspecified atom stereocenters. The number of carbonyl (C=O) groups excluding carboxylic acids is 2. The Balaban J connectivity index is 2.38. The zero-order valence-corrected chi connectivity index (χ0v) is 11.3. The fourth-order valence-corrected chi connectivity index (χ4v) is 1.99. The third kappa shape index (κ3) is 3.77. The average Bonchev–Trinajstić information content (AvgIpc) is 2.17. The van der Waals surface area contributed by atoms with Gasteiger partial charge in [0.05, 0.1) is 4.32 Å². The minimum absolute atomic E-state index is 0.00461. The van der Waals surface area contributed by atoms with Gasteiger partial charge in [0.25, 0.3) is 0 Å². The smallest absolute Gasteiger partial charge is 0.236 e. The third-order valence-corrected chi connectivity index (χ3v) is 3.36. The molecule has 3 N–H and O–H groups in total. The number of halogens is 1. The first-order valence-corrected chi connectivity index (χ1v) is 6.39. The third-order valence-electron chi connectivity index (χ3n) is 3.00. The van der Waals surface area contributed by atoms with Crippen LogP contribution in [-0.2, 0) is 9.59 Å². The van der Waals surface area contributed by atoms with Gasteiger partial charge in [-0.1, -0.05) is 15.9 Å². The Morgan fingerprint density at radius 2 is 1.75 bits per heavy atom. The molecule has 92 valence electrons. The molecule has 0 spiro atoms. The maximum Gasteiger partial charge on any atom is 0.236 e. The van der Waals surface area contributed by atoms with Crippen molar-refractivity contribution in [2.75, 3.05) is 0 Å². The minimum Gasteiger partial charge on any atom is -0.369 e. The van der Waals surface area contributed by atoms with E-state index in [9.17, 15) is 9.59 Å². The number of alkyl halides is 1. The van der Waals surface area contributed by atoms with Gasteiger partial charge in [0, 0.05) is 12.0 Å². The summed E-state index contributed by atoms with van der Waals surface area (Å²) in [6, 6.07) is 0.180. The Kier molecular flexibility index (Phi) is 4.35. The van der Waals surface area contributed by atoms with Crippen molar-refractivity contribution < 1.29 is 9.59 Å². The lowest BCUT2D eigenvalue weighted by molar-refractivity contribution is -0.124. The Hall–Kier alpha value is -0.580. The van der Waals surface area contributed by atoms with Gasteiger partial charge in [0.15, 0.2) is 0 Å². The molecule has 16 heavy (non-hydrogen) atoms. The van der Waals surface area contributed by atoms with E-state index in [2.05, 4.69) is 21.2 Å². The second-order valence-corrected chi connectivity index (χ2v) is 6.88. The van der Waals surface area contributed by atoms with Gasteiger partial charge in [-0.15, -0.1) is 0 Å². The molecular weight excluding hydrogens is 272 g/mol. The summed E-state index contributed by atoms with van der Waals surface area (Å²) in [6.45, 7) is 3.63. The largest absolute Gasteiger partial charge is 0.369 e. The maximum atomic E-state index is 11.7. The molecule has 0 saturated heterocycles. The molecule has 0 heterocycles. The van der Waals surface area contributed by atoms with Gasteiger partial charge >= 0.3 is 0 Å². The number of carbonyl (C=O) groups is 2. The summed E-state index contributed by atoms with van der Waals surface area (Å²) < 4.78 is -0.534. The van der Waals surface area contributed by atoms with E-state index in [0.717, 1.165) is 25.7 Å². The molecule has 1 aliphatic carbocycles. The SMILES string of the molecule is CC(C)(Br)C(=O)NC1CCC(C(N)=O)CC1. The van der Waals surface area contributed by atoms with Gasteiger partial charge in [-0.3, -0.25) is 9.59 Å². The van der Waals surface area contributed by atoms with Crippen molar-refractivity contribution in [3.63, 3.8) is 0 Å². The van der Waals surface area contributed by atoms with Gasteiger partial charge < -0.3 is 11.1 Å². The Morgan fingerprint density at radius 1 is 1.25 bits per heavy atom. The van der Waals surface area contributed by atoms with Crippen LogP contribution in [0, 0.1) is 5.92 Å². The molecule has 0 bridgehead atoms. The van der Waals surface area contributed by atoms with Crippen LogP contribution in [0.25, 0.3) is 0 Å². The van der Waals surface area contributed by atoms with Crippen LogP contribution >= 0.6 is 15.9 Å². The van der Waals surface area contributed by atoms with Gasteiger partial charge in [-0.05, 0) is 39.5 Å². The van der Waals surface area contributed by atoms with Gasteiger partial charge in [0.2, 0.25) is 11.8 Å². The second kappa shape index (κ2) is 5.17. The predicted molar refractivity (Wildman–Crippen MR) is 66.1 cm³/mol. The van der Waals surface area contributed by atoms with Crippen LogP contribution in [0.3, 0.4) is 0 Å². The lowest BCUT2D eigenvalue weighted by Crippen LogP contribution is -2.45. The quantitative estimate of drug-likeness (QED) is 0.770. The molecular formula is C11H19BrN2O2. The Morgan fingerprint density at radius 3 is 2.12 bits per heavy atom. The maximum absolute atomic E-state index is 11.7. The van der Waals surface area contributed by atoms with E-state index in [4.69, 9.17) is 5.73 Å². The van der Waals surface area contributed by atoms with Gasteiger partial charge in [-0.25, -0.2) is 0 Å². The topological polar surface area (TPSA) is 72.2 Å². The number of rotatable bonds is 3. The van der Waals surface area contributed by atoms with Gasteiger partial charge in [-0.2, -0.15) is 0 Å². The number of primary amides is 1. The van der Waals surface area contributed by atoms with Gasteiger partial charge in [0.1, 0.15) is 0 Å². The summed E-state index contributed by atoms with van der Waals surface area (Å²) in [5.74, 6) is -0.231. The first-order chi connectivity index (χ1) is 7.30. The van der Waals surface area contributed by atoms with E-state index in [1.165, 1.54) is 0 Å². The van der Waals surface area contributed by atoms with Crippen molar-refractivity contribution in [1.82, 2.24) is 5.32 Å². The van der Waals surface area contributed by atoms with E-state index in [-0.39, 0.29) is 23.8 Å². The number of nitrogens with one attached hydrogen (secondary N) is 1. The first kappa shape index (κ1) is 13.5. The number of hydrogen-bond acceptors (Lipinski definition) is 2. The van der Waals surface area contributed by atoms with E-state index in [1.807, 2.05) is 13.8 Å². The van der Waals surface area contributed by atoms with Crippen LogP contribution in [0.4, 0.5) is 0 Å². The van der Waals surface area contributed by atoms with Crippen LogP contribution in [0.2, 0.25) is 0 Å². The lowest BCUT2D eigenvalue weighted by Gasteiger charge is -2.29. The number of amides is 2. The van der Waals surface area contributed by atoms with E-state index < -0.39 is 4.32 Å². The highest BCUT2D eigenvalue weighted by Crippen LogP contribution is 2.25. The molecule has 4 nitrogen and oxygen atoms in total. The van der Waals surface area contributed by atoms with E-state index in [1.54, 1.807) is 0 Å². The highest BCUT2D eigenvalue weighted by atomic mass is 79.9. The molecule has 0 aromatic rings. The lowest BCUT2D eigenvalue weighted by atomic mass is 9.85. The Labute approximate surface area is 104 Å². The molecule has 5 heteroatoms. The standard InChI is InChI=1S/C11H19BrN2O2/c1-11(2,12)10(16)14-8-5-3-7(4-6-8)9(13)15/h7-8H,3-6H2,1-2H3,(H2,13,15)(H,14,16). The van der Waals surface area contributed by atoms with Crippen LogP contribution in [0.5, 0.6) is 0 Å². The molecule has 1 aliphatic rings. The van der Waals surface area contributed by atoms with Crippen LogP contribution in [-0.4, -0.2) is 22.2 Å². The first-order valence-electron chi connectivity index (χ1n) is 5.60. The van der Waals surface area contributed by atoms with Crippen LogP contribution in [0.1, 0.15) is 39.5 Å². The molecule has 2 amide bonds. The summed E-state index contributed by atoms with van der Waals surface area (Å²) in [5, 5.41) is 2.98. The van der Waals surface area contributed by atoms with Crippen molar-refractivity contribution in [2.45, 2.75) is 49.9 Å². The molecule has 0 radical (unpaired) electrons. The fourth-order valence-electron chi connectivity index (χ4n) is 1.88. The predicted octanol–water partition coefficient (Wildman–Crippen LogP) is 1.32. The summed E-state index contributed by atoms with van der Waals surface area (Å²) >= 11 is 3.32. The minimum atomic E-state index is -0.534. The highest BCUT2D eigenvalue weighted by molar-refractivity contribution is 9.10. The van der Waals surface area contributed by atoms with Crippen molar-refractivity contribution in [1.29, 1.82) is 0 Å². The summed E-state index contributed by atoms with van der Waals surface area (Å²) in [5.41, 5.74) is 5.25. The number of nitrogens with two attached hydrogens (primary N) is 1. The fraction of sp³-hybridized carbons (Fsp3) is 0.818. The summed E-state index contributed by atoms with van der Waals surface area (Å²) in [7, 11) is 0. The van der Waals surface area contributed by atoms with E-state index in [0.29, 0.717) is 0 Å². The van der Waals surface area contributed by atoms with Crippen molar-refractivity contribution in [3.8, 4) is 0 Å². The Bertz CT molecular complexity index is 278. The van der Waals surface area contributed by atoms with Crippen molar-refractivity contribution in [2.24, 2.45) is 11.7 Å². The molecule has 0 aromatic heterocycles. The molecule has 1 saturated carbocycles. The summed E-state index contributed by atoms with van der Waals surface area (Å²) in [4.78, 5) is 22.7. The molecule has 1 rings (SSSR count). The average molecular weight is 291 g/mol. The normalized spacial score (nSPS) is 26.2. The zero-order chi connectivity index (χ0) is 12.3. The van der Waals surface area contributed by atoms with Crippen LogP contribution < -0.4 is 11.1 Å². The monoisotopic (exact) mass is 290 g/mol. The van der Waals surface area contributed by atoms with E-state index >= 15 is 0 Å². The van der Waals surface area contributed by atoms with Crippen LogP contribution in [0.15, 0.2) is 0 Å². The molecule has 1 fully saturated rings. The summed E-state index contributed by atoms with van der Waals surface area (Å²) in [6.07, 6.45) is 3.23. The molecule has 0 aromatic carbocycles.